The van der Waals surface area contributed by atoms with Crippen LogP contribution in [-0.2, 0) is 27.1 Å². The summed E-state index contributed by atoms with van der Waals surface area (Å²) in [6.45, 7) is 1.90. The van der Waals surface area contributed by atoms with Gasteiger partial charge in [0, 0.05) is 27.3 Å². The zero-order valence-corrected chi connectivity index (χ0v) is 16.4. The van der Waals surface area contributed by atoms with Gasteiger partial charge >= 0.3 is 0 Å². The van der Waals surface area contributed by atoms with Crippen LogP contribution in [0.15, 0.2) is 47.4 Å². The van der Waals surface area contributed by atoms with E-state index in [9.17, 15) is 9.32 Å². The predicted octanol–water partition coefficient (Wildman–Crippen LogP) is 2.05. The quantitative estimate of drug-likeness (QED) is 0.606. The lowest BCUT2D eigenvalue weighted by molar-refractivity contribution is 0.190. The minimum atomic E-state index is -1.79. The number of aliphatic hydroxyl groups is 1. The van der Waals surface area contributed by atoms with E-state index in [1.165, 1.54) is 0 Å². The van der Waals surface area contributed by atoms with E-state index in [0.717, 1.165) is 0 Å². The van der Waals surface area contributed by atoms with E-state index >= 15 is 0 Å². The lowest BCUT2D eigenvalue weighted by Crippen LogP contribution is -2.31. The first-order valence-corrected chi connectivity index (χ1v) is 9.71. The Morgan fingerprint density at radius 2 is 1.70 bits per heavy atom. The van der Waals surface area contributed by atoms with Crippen LogP contribution in [-0.4, -0.2) is 49.8 Å². The van der Waals surface area contributed by atoms with Crippen molar-refractivity contribution in [1.82, 2.24) is 0 Å². The van der Waals surface area contributed by atoms with Gasteiger partial charge < -0.3 is 24.2 Å². The summed E-state index contributed by atoms with van der Waals surface area (Å²) < 4.78 is 28.7. The van der Waals surface area contributed by atoms with Crippen molar-refractivity contribution in [2.75, 3.05) is 45.4 Å². The van der Waals surface area contributed by atoms with E-state index in [1.807, 2.05) is 35.2 Å². The Labute approximate surface area is 162 Å². The molecule has 1 unspecified atom stereocenters. The molecule has 0 aliphatic rings. The average Bonchev–Trinajstić information content (AvgIpc) is 2.69. The topological polar surface area (TPSA) is 94.3 Å². The number of anilines is 1. The summed E-state index contributed by atoms with van der Waals surface area (Å²) in [6.07, 6.45) is 0. The molecule has 3 N–H and O–H groups in total. The molecule has 2 aromatic carbocycles. The van der Waals surface area contributed by atoms with Gasteiger partial charge in [-0.2, -0.15) is 0 Å². The number of nitrogens with zero attached hydrogens (tertiary/aromatic N) is 1. The lowest BCUT2D eigenvalue weighted by Gasteiger charge is -2.28. The molecule has 27 heavy (non-hydrogen) atoms. The first kappa shape index (κ1) is 21.3. The highest BCUT2D eigenvalue weighted by Gasteiger charge is 2.21. The summed E-state index contributed by atoms with van der Waals surface area (Å²) in [4.78, 5) is 2.32. The molecule has 2 rings (SSSR count). The number of ether oxygens (including phenoxy) is 3. The zero-order chi connectivity index (χ0) is 19.6. The number of hydrogen-bond donors (Lipinski definition) is 2. The third kappa shape index (κ3) is 6.02. The fraction of sp³-hybridized carbons (Fsp3) is 0.368. The van der Waals surface area contributed by atoms with Crippen molar-refractivity contribution in [3.63, 3.8) is 0 Å². The molecule has 0 saturated heterocycles. The molecule has 1 atom stereocenters. The molecule has 0 spiro atoms. The van der Waals surface area contributed by atoms with E-state index in [4.69, 9.17) is 19.3 Å². The highest BCUT2D eigenvalue weighted by molar-refractivity contribution is 7.82. The smallest absolute Gasteiger partial charge is 0.168 e. The third-order valence-electron chi connectivity index (χ3n) is 3.93. The summed E-state index contributed by atoms with van der Waals surface area (Å²) in [6, 6.07) is 12.6. The SMILES string of the molecule is COCCN(CCOC)c1cc(CO)cc(S(N)=O)c1Oc1ccccc1. The van der Waals surface area contributed by atoms with Crippen molar-refractivity contribution in [3.05, 3.63) is 48.0 Å². The monoisotopic (exact) mass is 394 g/mol. The Morgan fingerprint density at radius 1 is 1.07 bits per heavy atom. The van der Waals surface area contributed by atoms with Gasteiger partial charge in [-0.1, -0.05) is 18.2 Å². The molecule has 0 radical (unpaired) electrons. The predicted molar refractivity (Wildman–Crippen MR) is 105 cm³/mol. The van der Waals surface area contributed by atoms with E-state index in [-0.39, 0.29) is 6.61 Å². The second-order valence-corrected chi connectivity index (χ2v) is 6.82. The van der Waals surface area contributed by atoms with Crippen LogP contribution in [0.25, 0.3) is 0 Å². The Hall–Kier alpha value is -1.97. The van der Waals surface area contributed by atoms with Gasteiger partial charge in [0.1, 0.15) is 16.7 Å². The number of nitrogens with two attached hydrogens (primary N) is 1. The van der Waals surface area contributed by atoms with Crippen molar-refractivity contribution in [2.45, 2.75) is 11.5 Å². The van der Waals surface area contributed by atoms with E-state index in [0.29, 0.717) is 53.9 Å². The molecule has 7 nitrogen and oxygen atoms in total. The van der Waals surface area contributed by atoms with Crippen molar-refractivity contribution in [2.24, 2.45) is 5.14 Å². The second kappa shape index (κ2) is 11.0. The molecule has 0 bridgehead atoms. The van der Waals surface area contributed by atoms with Gasteiger partial charge in [0.25, 0.3) is 0 Å². The van der Waals surface area contributed by atoms with Gasteiger partial charge in [-0.15, -0.1) is 0 Å². The Morgan fingerprint density at radius 3 is 2.22 bits per heavy atom. The summed E-state index contributed by atoms with van der Waals surface area (Å²) in [5, 5.41) is 15.3. The molecular weight excluding hydrogens is 368 g/mol. The Balaban J connectivity index is 2.55. The third-order valence-corrected chi connectivity index (χ3v) is 4.67. The maximum absolute atomic E-state index is 12.2. The highest BCUT2D eigenvalue weighted by atomic mass is 32.2. The van der Waals surface area contributed by atoms with Crippen LogP contribution in [0.5, 0.6) is 11.5 Å². The number of aliphatic hydroxyl groups excluding tert-OH is 1. The highest BCUT2D eigenvalue weighted by Crippen LogP contribution is 2.38. The van der Waals surface area contributed by atoms with Crippen LogP contribution in [0.3, 0.4) is 0 Å². The van der Waals surface area contributed by atoms with Gasteiger partial charge in [-0.3, -0.25) is 0 Å². The van der Waals surface area contributed by atoms with Gasteiger partial charge in [0.15, 0.2) is 5.75 Å². The van der Waals surface area contributed by atoms with Crippen LogP contribution < -0.4 is 14.8 Å². The van der Waals surface area contributed by atoms with E-state index < -0.39 is 11.0 Å². The average molecular weight is 394 g/mol. The molecule has 0 amide bonds. The zero-order valence-electron chi connectivity index (χ0n) is 15.6. The Kier molecular flexibility index (Phi) is 8.70. The van der Waals surface area contributed by atoms with Gasteiger partial charge in [0.2, 0.25) is 0 Å². The summed E-state index contributed by atoms with van der Waals surface area (Å²) in [5.74, 6) is 0.993. The molecule has 0 aliphatic heterocycles. The maximum atomic E-state index is 12.2. The molecular formula is C19H26N2O5S. The molecule has 0 aliphatic carbocycles. The minimum Gasteiger partial charge on any atom is -0.454 e. The first-order valence-electron chi connectivity index (χ1n) is 8.50. The number of hydrogen-bond acceptors (Lipinski definition) is 6. The molecule has 0 saturated carbocycles. The summed E-state index contributed by atoms with van der Waals surface area (Å²) >= 11 is 0. The Bertz CT molecular complexity index is 734. The largest absolute Gasteiger partial charge is 0.454 e. The molecule has 8 heteroatoms. The summed E-state index contributed by atoms with van der Waals surface area (Å²) in [5.41, 5.74) is 1.27. The van der Waals surface area contributed by atoms with Gasteiger partial charge in [-0.25, -0.2) is 9.35 Å². The fourth-order valence-corrected chi connectivity index (χ4v) is 3.18. The number of para-hydroxylation sites is 1. The fourth-order valence-electron chi connectivity index (χ4n) is 2.58. The molecule has 148 valence electrons. The molecule has 0 aromatic heterocycles. The van der Waals surface area contributed by atoms with Crippen molar-refractivity contribution in [1.29, 1.82) is 0 Å². The van der Waals surface area contributed by atoms with Crippen molar-refractivity contribution < 1.29 is 23.5 Å². The van der Waals surface area contributed by atoms with Crippen LogP contribution in [0.1, 0.15) is 5.56 Å². The minimum absolute atomic E-state index is 0.203. The van der Waals surface area contributed by atoms with Crippen LogP contribution in [0.2, 0.25) is 0 Å². The van der Waals surface area contributed by atoms with E-state index in [1.54, 1.807) is 26.4 Å². The standard InChI is InChI=1S/C19H26N2O5S/c1-24-10-8-21(9-11-25-2)17-12-15(14-22)13-18(27(20)23)19(17)26-16-6-4-3-5-7-16/h3-7,12-13,22H,8-11,14,20H2,1-2H3. The number of rotatable bonds is 11. The number of benzene rings is 2. The normalized spacial score (nSPS) is 12.0. The van der Waals surface area contributed by atoms with Crippen molar-refractivity contribution in [3.8, 4) is 11.5 Å². The van der Waals surface area contributed by atoms with Crippen molar-refractivity contribution >= 4 is 16.7 Å². The molecule has 0 fully saturated rings. The van der Waals surface area contributed by atoms with Gasteiger partial charge in [-0.05, 0) is 29.8 Å². The van der Waals surface area contributed by atoms with Crippen LogP contribution in [0.4, 0.5) is 5.69 Å². The summed E-state index contributed by atoms with van der Waals surface area (Å²) in [7, 11) is 1.46. The van der Waals surface area contributed by atoms with Gasteiger partial charge in [0.05, 0.1) is 30.4 Å². The van der Waals surface area contributed by atoms with Crippen LogP contribution in [0, 0.1) is 0 Å². The maximum Gasteiger partial charge on any atom is 0.168 e. The van der Waals surface area contributed by atoms with Crippen LogP contribution >= 0.6 is 0 Å². The van der Waals surface area contributed by atoms with E-state index in [2.05, 4.69) is 0 Å². The molecule has 2 aromatic rings. The first-order chi connectivity index (χ1) is 13.1. The molecule has 0 heterocycles. The lowest BCUT2D eigenvalue weighted by atomic mass is 10.1. The number of methoxy groups -OCH3 is 2. The second-order valence-electron chi connectivity index (χ2n) is 5.79.